The number of aromatic nitrogens is 4. The molecule has 1 fully saturated rings. The van der Waals surface area contributed by atoms with Gasteiger partial charge in [0.25, 0.3) is 0 Å². The summed E-state index contributed by atoms with van der Waals surface area (Å²) in [6, 6.07) is 16.1. The Hall–Kier alpha value is -3.61. The van der Waals surface area contributed by atoms with Crippen LogP contribution in [-0.4, -0.2) is 56.3 Å². The molecule has 1 aliphatic heterocycles. The summed E-state index contributed by atoms with van der Waals surface area (Å²) in [7, 11) is 2.03. The minimum atomic E-state index is 0.181. The number of hydrogen-bond donors (Lipinski definition) is 0. The van der Waals surface area contributed by atoms with Crippen LogP contribution in [0.3, 0.4) is 0 Å². The van der Waals surface area contributed by atoms with E-state index in [2.05, 4.69) is 38.0 Å². The molecule has 0 aliphatic carbocycles. The number of aryl methyl sites for hydroxylation is 1. The van der Waals surface area contributed by atoms with Crippen LogP contribution < -0.4 is 4.90 Å². The van der Waals surface area contributed by atoms with E-state index in [0.29, 0.717) is 19.5 Å². The first kappa shape index (κ1) is 18.4. The minimum Gasteiger partial charge on any atom is -0.352 e. The number of piperazine rings is 1. The third-order valence-corrected chi connectivity index (χ3v) is 5.78. The molecule has 0 N–H and O–H groups in total. The van der Waals surface area contributed by atoms with Crippen LogP contribution in [0.25, 0.3) is 16.7 Å². The van der Waals surface area contributed by atoms with Gasteiger partial charge in [-0.2, -0.15) is 0 Å². The van der Waals surface area contributed by atoms with E-state index in [1.807, 2.05) is 65.3 Å². The molecule has 5 rings (SSSR count). The van der Waals surface area contributed by atoms with E-state index < -0.39 is 0 Å². The number of nitrogens with zero attached hydrogens (tertiary/aromatic N) is 6. The van der Waals surface area contributed by atoms with Gasteiger partial charge in [0.2, 0.25) is 5.91 Å². The van der Waals surface area contributed by atoms with Crippen molar-refractivity contribution in [2.75, 3.05) is 31.1 Å². The van der Waals surface area contributed by atoms with Crippen molar-refractivity contribution >= 4 is 22.6 Å². The Labute approximate surface area is 175 Å². The molecule has 4 aromatic rings. The largest absolute Gasteiger partial charge is 0.352 e. The summed E-state index contributed by atoms with van der Waals surface area (Å²) in [4.78, 5) is 17.1. The van der Waals surface area contributed by atoms with E-state index in [-0.39, 0.29) is 5.91 Å². The molecule has 30 heavy (non-hydrogen) atoms. The van der Waals surface area contributed by atoms with Crippen LogP contribution in [-0.2, 0) is 18.3 Å². The summed E-state index contributed by atoms with van der Waals surface area (Å²) in [5.41, 5.74) is 2.25. The molecule has 1 amide bonds. The lowest BCUT2D eigenvalue weighted by Gasteiger charge is -2.35. The molecule has 1 aromatic carbocycles. The zero-order chi connectivity index (χ0) is 20.5. The standard InChI is InChI=1S/C23H24N6O/c1-26-17-18(19-6-2-3-7-20(19)26)16-23(30)29-14-12-28(13-15-29)22-9-8-21(24-25-22)27-10-4-5-11-27/h2-11,17H,12-16H2,1H3. The molecule has 1 saturated heterocycles. The predicted molar refractivity (Wildman–Crippen MR) is 117 cm³/mol. The number of carbonyl (C=O) groups excluding carboxylic acids is 1. The highest BCUT2D eigenvalue weighted by Crippen LogP contribution is 2.22. The SMILES string of the molecule is Cn1cc(CC(=O)N2CCN(c3ccc(-n4cccc4)nn3)CC2)c2ccccc21. The van der Waals surface area contributed by atoms with E-state index in [9.17, 15) is 4.79 Å². The maximum atomic E-state index is 12.9. The predicted octanol–water partition coefficient (Wildman–Crippen LogP) is 2.65. The van der Waals surface area contributed by atoms with Crippen molar-refractivity contribution in [1.29, 1.82) is 0 Å². The van der Waals surface area contributed by atoms with E-state index >= 15 is 0 Å². The number of hydrogen-bond acceptors (Lipinski definition) is 4. The molecule has 152 valence electrons. The fraction of sp³-hybridized carbons (Fsp3) is 0.261. The number of rotatable bonds is 4. The van der Waals surface area contributed by atoms with Gasteiger partial charge in [-0.15, -0.1) is 10.2 Å². The van der Waals surface area contributed by atoms with Crippen molar-refractivity contribution in [2.24, 2.45) is 7.05 Å². The van der Waals surface area contributed by atoms with Crippen molar-refractivity contribution in [2.45, 2.75) is 6.42 Å². The third kappa shape index (κ3) is 3.43. The molecule has 0 spiro atoms. The van der Waals surface area contributed by atoms with Gasteiger partial charge in [0.15, 0.2) is 11.6 Å². The van der Waals surface area contributed by atoms with Gasteiger partial charge in [-0.05, 0) is 35.9 Å². The Bertz CT molecular complexity index is 1150. The van der Waals surface area contributed by atoms with E-state index in [0.717, 1.165) is 41.2 Å². The third-order valence-electron chi connectivity index (χ3n) is 5.78. The second kappa shape index (κ2) is 7.67. The van der Waals surface area contributed by atoms with Gasteiger partial charge in [-0.25, -0.2) is 0 Å². The van der Waals surface area contributed by atoms with Gasteiger partial charge < -0.3 is 18.9 Å². The average molecular weight is 400 g/mol. The van der Waals surface area contributed by atoms with Gasteiger partial charge >= 0.3 is 0 Å². The van der Waals surface area contributed by atoms with Gasteiger partial charge in [0.1, 0.15) is 0 Å². The van der Waals surface area contributed by atoms with Gasteiger partial charge in [0.05, 0.1) is 6.42 Å². The molecule has 1 aliphatic rings. The molecule has 0 radical (unpaired) electrons. The maximum Gasteiger partial charge on any atom is 0.227 e. The lowest BCUT2D eigenvalue weighted by molar-refractivity contribution is -0.130. The Balaban J connectivity index is 1.22. The molecule has 3 aromatic heterocycles. The van der Waals surface area contributed by atoms with Gasteiger partial charge in [-0.1, -0.05) is 18.2 Å². The molecule has 0 atom stereocenters. The van der Waals surface area contributed by atoms with Gasteiger partial charge in [-0.3, -0.25) is 4.79 Å². The highest BCUT2D eigenvalue weighted by atomic mass is 16.2. The monoisotopic (exact) mass is 400 g/mol. The Morgan fingerprint density at radius 2 is 1.60 bits per heavy atom. The fourth-order valence-electron chi connectivity index (χ4n) is 4.14. The first-order valence-electron chi connectivity index (χ1n) is 10.2. The van der Waals surface area contributed by atoms with Crippen molar-refractivity contribution in [1.82, 2.24) is 24.2 Å². The van der Waals surface area contributed by atoms with E-state index in [1.165, 1.54) is 0 Å². The zero-order valence-corrected chi connectivity index (χ0v) is 17.0. The first-order chi connectivity index (χ1) is 14.7. The molecular weight excluding hydrogens is 376 g/mol. The van der Waals surface area contributed by atoms with Gasteiger partial charge in [0, 0.05) is 62.7 Å². The van der Waals surface area contributed by atoms with Crippen LogP contribution in [0.4, 0.5) is 5.82 Å². The van der Waals surface area contributed by atoms with Crippen LogP contribution in [0.5, 0.6) is 0 Å². The average Bonchev–Trinajstić information content (AvgIpc) is 3.43. The minimum absolute atomic E-state index is 0.181. The molecule has 4 heterocycles. The first-order valence-corrected chi connectivity index (χ1v) is 10.2. The van der Waals surface area contributed by atoms with Crippen LogP contribution in [0.2, 0.25) is 0 Å². The number of benzene rings is 1. The summed E-state index contributed by atoms with van der Waals surface area (Å²) in [6.07, 6.45) is 6.40. The van der Waals surface area contributed by atoms with E-state index in [4.69, 9.17) is 0 Å². The van der Waals surface area contributed by atoms with Crippen molar-refractivity contribution < 1.29 is 4.79 Å². The van der Waals surface area contributed by atoms with Crippen molar-refractivity contribution in [3.63, 3.8) is 0 Å². The van der Waals surface area contributed by atoms with E-state index in [1.54, 1.807) is 0 Å². The molecular formula is C23H24N6O. The molecule has 7 heteroatoms. The zero-order valence-electron chi connectivity index (χ0n) is 17.0. The number of fused-ring (bicyclic) bond motifs is 1. The summed E-state index contributed by atoms with van der Waals surface area (Å²) >= 11 is 0. The highest BCUT2D eigenvalue weighted by Gasteiger charge is 2.23. The second-order valence-corrected chi connectivity index (χ2v) is 7.67. The maximum absolute atomic E-state index is 12.9. The molecule has 0 bridgehead atoms. The quantitative estimate of drug-likeness (QED) is 0.528. The summed E-state index contributed by atoms with van der Waals surface area (Å²) < 4.78 is 4.02. The smallest absolute Gasteiger partial charge is 0.227 e. The molecule has 0 saturated carbocycles. The Kier molecular flexibility index (Phi) is 4.71. The van der Waals surface area contributed by atoms with Crippen LogP contribution in [0.1, 0.15) is 5.56 Å². The van der Waals surface area contributed by atoms with Crippen molar-refractivity contribution in [3.05, 3.63) is 72.7 Å². The summed E-state index contributed by atoms with van der Waals surface area (Å²) in [6.45, 7) is 2.92. The topological polar surface area (TPSA) is 59.2 Å². The Morgan fingerprint density at radius 3 is 2.33 bits per heavy atom. The van der Waals surface area contributed by atoms with Crippen LogP contribution >= 0.6 is 0 Å². The number of amides is 1. The number of anilines is 1. The normalized spacial score (nSPS) is 14.4. The lowest BCUT2D eigenvalue weighted by atomic mass is 10.1. The fourth-order valence-corrected chi connectivity index (χ4v) is 4.14. The number of carbonyl (C=O) groups is 1. The Morgan fingerprint density at radius 1 is 0.900 bits per heavy atom. The number of para-hydroxylation sites is 1. The van der Waals surface area contributed by atoms with Crippen LogP contribution in [0, 0.1) is 0 Å². The molecule has 0 unspecified atom stereocenters. The highest BCUT2D eigenvalue weighted by molar-refractivity contribution is 5.89. The second-order valence-electron chi connectivity index (χ2n) is 7.67. The van der Waals surface area contributed by atoms with Crippen LogP contribution in [0.15, 0.2) is 67.1 Å². The molecule has 7 nitrogen and oxygen atoms in total. The van der Waals surface area contributed by atoms with Crippen molar-refractivity contribution in [3.8, 4) is 5.82 Å². The summed E-state index contributed by atoms with van der Waals surface area (Å²) in [5.74, 6) is 1.83. The summed E-state index contributed by atoms with van der Waals surface area (Å²) in [5, 5.41) is 9.87. The lowest BCUT2D eigenvalue weighted by Crippen LogP contribution is -2.49.